The van der Waals surface area contributed by atoms with Gasteiger partial charge in [-0.25, -0.2) is 0 Å². The van der Waals surface area contributed by atoms with Crippen LogP contribution in [0.3, 0.4) is 0 Å². The minimum Gasteiger partial charge on any atom is -0.377 e. The van der Waals surface area contributed by atoms with Crippen molar-refractivity contribution in [1.82, 2.24) is 9.80 Å². The normalized spacial score (nSPS) is 25.8. The van der Waals surface area contributed by atoms with E-state index in [1.165, 1.54) is 44.6 Å². The van der Waals surface area contributed by atoms with Crippen LogP contribution in [0.25, 0.3) is 0 Å². The Morgan fingerprint density at radius 1 is 1.00 bits per heavy atom. The summed E-state index contributed by atoms with van der Waals surface area (Å²) in [5.74, 6) is 0. The number of hydrogen-bond acceptors (Lipinski definition) is 3. The Morgan fingerprint density at radius 3 is 2.42 bits per heavy atom. The van der Waals surface area contributed by atoms with E-state index in [1.54, 1.807) is 0 Å². The molecule has 2 aliphatic rings. The Bertz CT molecular complexity index is 368. The number of ether oxygens (including phenoxy) is 1. The first-order chi connectivity index (χ1) is 9.40. The van der Waals surface area contributed by atoms with E-state index in [4.69, 9.17) is 4.74 Å². The molecule has 3 rings (SSSR count). The Morgan fingerprint density at radius 2 is 1.74 bits per heavy atom. The predicted octanol–water partition coefficient (Wildman–Crippen LogP) is 1.98. The van der Waals surface area contributed by atoms with Crippen molar-refractivity contribution >= 4 is 0 Å². The summed E-state index contributed by atoms with van der Waals surface area (Å²) in [6.07, 6.45) is 3.00. The van der Waals surface area contributed by atoms with Gasteiger partial charge >= 0.3 is 0 Å². The standard InChI is InChI=1S/C16H24N2O/c1-2-5-15(6-3-1)13-17-8-10-18(11-9-17)14-16-7-4-12-19-16/h1-3,5-6,16H,4,7-14H2/t16-/m1/s1. The van der Waals surface area contributed by atoms with Crippen molar-refractivity contribution in [2.24, 2.45) is 0 Å². The zero-order valence-corrected chi connectivity index (χ0v) is 11.6. The minimum atomic E-state index is 0.501. The topological polar surface area (TPSA) is 15.7 Å². The molecule has 0 aliphatic carbocycles. The molecule has 2 saturated heterocycles. The average Bonchev–Trinajstić information content (AvgIpc) is 2.95. The molecule has 1 aromatic rings. The van der Waals surface area contributed by atoms with Gasteiger partial charge in [0.25, 0.3) is 0 Å². The Hall–Kier alpha value is -0.900. The molecule has 0 amide bonds. The van der Waals surface area contributed by atoms with Crippen LogP contribution in [-0.2, 0) is 11.3 Å². The summed E-state index contributed by atoms with van der Waals surface area (Å²) >= 11 is 0. The Balaban J connectivity index is 1.41. The van der Waals surface area contributed by atoms with E-state index in [2.05, 4.69) is 40.1 Å². The quantitative estimate of drug-likeness (QED) is 0.823. The van der Waals surface area contributed by atoms with Gasteiger partial charge in [-0.3, -0.25) is 9.80 Å². The van der Waals surface area contributed by atoms with Gasteiger partial charge in [-0.2, -0.15) is 0 Å². The fourth-order valence-corrected chi connectivity index (χ4v) is 3.05. The van der Waals surface area contributed by atoms with Crippen molar-refractivity contribution in [1.29, 1.82) is 0 Å². The van der Waals surface area contributed by atoms with Gasteiger partial charge in [0.15, 0.2) is 0 Å². The van der Waals surface area contributed by atoms with Crippen LogP contribution in [0.15, 0.2) is 30.3 Å². The van der Waals surface area contributed by atoms with Crippen LogP contribution in [0.2, 0.25) is 0 Å². The molecular weight excluding hydrogens is 236 g/mol. The second-order valence-corrected chi connectivity index (χ2v) is 5.70. The van der Waals surface area contributed by atoms with Gasteiger partial charge in [0.2, 0.25) is 0 Å². The lowest BCUT2D eigenvalue weighted by atomic mass is 10.2. The molecule has 1 atom stereocenters. The molecule has 0 N–H and O–H groups in total. The fraction of sp³-hybridized carbons (Fsp3) is 0.625. The predicted molar refractivity (Wildman–Crippen MR) is 77.1 cm³/mol. The molecule has 0 radical (unpaired) electrons. The second-order valence-electron chi connectivity index (χ2n) is 5.70. The highest BCUT2D eigenvalue weighted by molar-refractivity contribution is 5.14. The smallest absolute Gasteiger partial charge is 0.0702 e. The van der Waals surface area contributed by atoms with E-state index in [9.17, 15) is 0 Å². The van der Waals surface area contributed by atoms with E-state index in [0.29, 0.717) is 6.10 Å². The Kier molecular flexibility index (Phi) is 4.49. The van der Waals surface area contributed by atoms with Crippen molar-refractivity contribution in [3.05, 3.63) is 35.9 Å². The third-order valence-corrected chi connectivity index (χ3v) is 4.20. The average molecular weight is 260 g/mol. The van der Waals surface area contributed by atoms with Crippen molar-refractivity contribution in [2.45, 2.75) is 25.5 Å². The van der Waals surface area contributed by atoms with Crippen LogP contribution in [0.5, 0.6) is 0 Å². The number of rotatable bonds is 4. The lowest BCUT2D eigenvalue weighted by molar-refractivity contribution is 0.0489. The molecule has 104 valence electrons. The van der Waals surface area contributed by atoms with Crippen molar-refractivity contribution in [2.75, 3.05) is 39.3 Å². The summed E-state index contributed by atoms with van der Waals surface area (Å²) in [4.78, 5) is 5.12. The van der Waals surface area contributed by atoms with Crippen LogP contribution in [0, 0.1) is 0 Å². The minimum absolute atomic E-state index is 0.501. The second kappa shape index (κ2) is 6.51. The maximum atomic E-state index is 5.72. The zero-order valence-electron chi connectivity index (χ0n) is 11.6. The van der Waals surface area contributed by atoms with Crippen LogP contribution in [-0.4, -0.2) is 55.2 Å². The lowest BCUT2D eigenvalue weighted by Crippen LogP contribution is -2.48. The first-order valence-electron chi connectivity index (χ1n) is 7.50. The SMILES string of the molecule is c1ccc(CN2CCN(C[C@H]3CCCO3)CC2)cc1. The van der Waals surface area contributed by atoms with E-state index >= 15 is 0 Å². The fourth-order valence-electron chi connectivity index (χ4n) is 3.05. The summed E-state index contributed by atoms with van der Waals surface area (Å²) in [5.41, 5.74) is 1.43. The van der Waals surface area contributed by atoms with Gasteiger partial charge in [0.1, 0.15) is 0 Å². The molecule has 2 aliphatic heterocycles. The molecule has 0 unspecified atom stereocenters. The van der Waals surface area contributed by atoms with Gasteiger partial charge in [0, 0.05) is 45.9 Å². The molecule has 2 heterocycles. The molecule has 0 spiro atoms. The first-order valence-corrected chi connectivity index (χ1v) is 7.50. The van der Waals surface area contributed by atoms with Gasteiger partial charge < -0.3 is 4.74 Å². The van der Waals surface area contributed by atoms with E-state index < -0.39 is 0 Å². The number of nitrogens with zero attached hydrogens (tertiary/aromatic N) is 2. The Labute approximate surface area is 116 Å². The van der Waals surface area contributed by atoms with Crippen molar-refractivity contribution < 1.29 is 4.74 Å². The summed E-state index contributed by atoms with van der Waals surface area (Å²) < 4.78 is 5.72. The van der Waals surface area contributed by atoms with Crippen LogP contribution < -0.4 is 0 Å². The van der Waals surface area contributed by atoms with E-state index in [-0.39, 0.29) is 0 Å². The molecule has 3 heteroatoms. The largest absolute Gasteiger partial charge is 0.377 e. The summed E-state index contributed by atoms with van der Waals surface area (Å²) in [7, 11) is 0. The molecule has 0 saturated carbocycles. The molecule has 0 aromatic heterocycles. The summed E-state index contributed by atoms with van der Waals surface area (Å²) in [6.45, 7) is 7.94. The molecular formula is C16H24N2O. The number of piperazine rings is 1. The number of benzene rings is 1. The first kappa shape index (κ1) is 13.1. The third kappa shape index (κ3) is 3.78. The highest BCUT2D eigenvalue weighted by atomic mass is 16.5. The highest BCUT2D eigenvalue weighted by Crippen LogP contribution is 2.15. The monoisotopic (exact) mass is 260 g/mol. The van der Waals surface area contributed by atoms with E-state index in [0.717, 1.165) is 19.7 Å². The van der Waals surface area contributed by atoms with Crippen LogP contribution in [0.1, 0.15) is 18.4 Å². The maximum absolute atomic E-state index is 5.72. The molecule has 1 aromatic carbocycles. The third-order valence-electron chi connectivity index (χ3n) is 4.20. The molecule has 2 fully saturated rings. The zero-order chi connectivity index (χ0) is 12.9. The summed E-state index contributed by atoms with van der Waals surface area (Å²) in [6, 6.07) is 10.8. The molecule has 3 nitrogen and oxygen atoms in total. The van der Waals surface area contributed by atoms with Crippen molar-refractivity contribution in [3.63, 3.8) is 0 Å². The van der Waals surface area contributed by atoms with E-state index in [1.807, 2.05) is 0 Å². The maximum Gasteiger partial charge on any atom is 0.0702 e. The highest BCUT2D eigenvalue weighted by Gasteiger charge is 2.22. The number of hydrogen-bond donors (Lipinski definition) is 0. The van der Waals surface area contributed by atoms with Crippen LogP contribution in [0.4, 0.5) is 0 Å². The van der Waals surface area contributed by atoms with Gasteiger partial charge in [-0.1, -0.05) is 30.3 Å². The molecule has 19 heavy (non-hydrogen) atoms. The van der Waals surface area contributed by atoms with Gasteiger partial charge in [0.05, 0.1) is 6.10 Å². The molecule has 0 bridgehead atoms. The van der Waals surface area contributed by atoms with Crippen molar-refractivity contribution in [3.8, 4) is 0 Å². The summed E-state index contributed by atoms with van der Waals surface area (Å²) in [5, 5.41) is 0. The van der Waals surface area contributed by atoms with Gasteiger partial charge in [-0.05, 0) is 18.4 Å². The van der Waals surface area contributed by atoms with Crippen LogP contribution >= 0.6 is 0 Å². The lowest BCUT2D eigenvalue weighted by Gasteiger charge is -2.35. The van der Waals surface area contributed by atoms with Gasteiger partial charge in [-0.15, -0.1) is 0 Å².